The van der Waals surface area contributed by atoms with E-state index in [0.29, 0.717) is 0 Å². The van der Waals surface area contributed by atoms with Crippen molar-refractivity contribution in [3.05, 3.63) is 33.8 Å². The van der Waals surface area contributed by atoms with E-state index in [1.165, 1.54) is 7.11 Å². The molecule has 0 N–H and O–H groups in total. The molecular formula is C12H13BrO2. The van der Waals surface area contributed by atoms with Gasteiger partial charge in [0.25, 0.3) is 0 Å². The van der Waals surface area contributed by atoms with Crippen molar-refractivity contribution < 1.29 is 9.53 Å². The first-order chi connectivity index (χ1) is 7.10. The molecule has 1 aromatic carbocycles. The van der Waals surface area contributed by atoms with E-state index in [-0.39, 0.29) is 11.4 Å². The second kappa shape index (κ2) is 3.63. The van der Waals surface area contributed by atoms with Crippen molar-refractivity contribution in [3.8, 4) is 0 Å². The van der Waals surface area contributed by atoms with Crippen LogP contribution in [0.4, 0.5) is 0 Å². The van der Waals surface area contributed by atoms with Crippen molar-refractivity contribution in [2.24, 2.45) is 0 Å². The third-order valence-corrected chi connectivity index (χ3v) is 3.53. The van der Waals surface area contributed by atoms with Gasteiger partial charge >= 0.3 is 5.97 Å². The van der Waals surface area contributed by atoms with Crippen LogP contribution in [0.15, 0.2) is 22.7 Å². The molecule has 0 aromatic heterocycles. The number of carbonyl (C=O) groups excluding carboxylic acids is 1. The Morgan fingerprint density at radius 1 is 1.47 bits per heavy atom. The molecule has 0 atom stereocenters. The molecule has 1 aliphatic carbocycles. The van der Waals surface area contributed by atoms with Crippen molar-refractivity contribution in [1.29, 1.82) is 0 Å². The summed E-state index contributed by atoms with van der Waals surface area (Å²) in [5.74, 6) is -0.108. The van der Waals surface area contributed by atoms with E-state index in [1.807, 2.05) is 25.1 Å². The molecule has 0 spiro atoms. The quantitative estimate of drug-likeness (QED) is 0.771. The number of carbonyl (C=O) groups is 1. The fourth-order valence-electron chi connectivity index (χ4n) is 2.01. The van der Waals surface area contributed by atoms with Crippen LogP contribution in [-0.2, 0) is 14.9 Å². The fourth-order valence-corrected chi connectivity index (χ4v) is 2.37. The lowest BCUT2D eigenvalue weighted by Crippen LogP contribution is -2.22. The fraction of sp³-hybridized carbons (Fsp3) is 0.417. The predicted octanol–water partition coefficient (Wildman–Crippen LogP) is 2.96. The third-order valence-electron chi connectivity index (χ3n) is 3.04. The Bertz CT molecular complexity index is 408. The van der Waals surface area contributed by atoms with Crippen molar-refractivity contribution in [2.45, 2.75) is 25.2 Å². The molecule has 0 amide bonds. The number of ether oxygens (including phenoxy) is 1. The van der Waals surface area contributed by atoms with Gasteiger partial charge in [-0.3, -0.25) is 4.79 Å². The number of methoxy groups -OCH3 is 1. The highest BCUT2D eigenvalue weighted by molar-refractivity contribution is 9.10. The normalized spacial score (nSPS) is 17.3. The molecular weight excluding hydrogens is 256 g/mol. The molecule has 0 bridgehead atoms. The van der Waals surface area contributed by atoms with Crippen LogP contribution in [0.1, 0.15) is 24.0 Å². The van der Waals surface area contributed by atoms with Crippen LogP contribution >= 0.6 is 15.9 Å². The lowest BCUT2D eigenvalue weighted by Gasteiger charge is -2.15. The Hall–Kier alpha value is -0.830. The summed E-state index contributed by atoms with van der Waals surface area (Å²) in [6.07, 6.45) is 1.80. The van der Waals surface area contributed by atoms with Gasteiger partial charge in [-0.05, 0) is 43.0 Å². The van der Waals surface area contributed by atoms with E-state index in [9.17, 15) is 4.79 Å². The molecule has 15 heavy (non-hydrogen) atoms. The van der Waals surface area contributed by atoms with Crippen LogP contribution in [-0.4, -0.2) is 13.1 Å². The van der Waals surface area contributed by atoms with Crippen LogP contribution in [0.5, 0.6) is 0 Å². The maximum Gasteiger partial charge on any atom is 0.316 e. The van der Waals surface area contributed by atoms with Crippen molar-refractivity contribution in [2.75, 3.05) is 7.11 Å². The zero-order valence-corrected chi connectivity index (χ0v) is 10.4. The molecule has 1 fully saturated rings. The summed E-state index contributed by atoms with van der Waals surface area (Å²) in [6, 6.07) is 6.05. The number of halogens is 1. The van der Waals surface area contributed by atoms with Crippen LogP contribution in [0, 0.1) is 6.92 Å². The lowest BCUT2D eigenvalue weighted by atomic mass is 9.92. The predicted molar refractivity (Wildman–Crippen MR) is 61.8 cm³/mol. The number of hydrogen-bond donors (Lipinski definition) is 0. The monoisotopic (exact) mass is 268 g/mol. The second-order valence-corrected chi connectivity index (χ2v) is 4.95. The van der Waals surface area contributed by atoms with Gasteiger partial charge < -0.3 is 4.74 Å². The van der Waals surface area contributed by atoms with E-state index in [1.54, 1.807) is 0 Å². The van der Waals surface area contributed by atoms with E-state index in [0.717, 1.165) is 28.4 Å². The van der Waals surface area contributed by atoms with Crippen LogP contribution in [0.25, 0.3) is 0 Å². The molecule has 2 nitrogen and oxygen atoms in total. The first kappa shape index (κ1) is 10.7. The molecule has 2 rings (SSSR count). The molecule has 80 valence electrons. The summed E-state index contributed by atoms with van der Waals surface area (Å²) in [6.45, 7) is 2.03. The van der Waals surface area contributed by atoms with Gasteiger partial charge in [0.1, 0.15) is 0 Å². The largest absolute Gasteiger partial charge is 0.468 e. The molecule has 1 aromatic rings. The van der Waals surface area contributed by atoms with Gasteiger partial charge in [-0.15, -0.1) is 0 Å². The van der Waals surface area contributed by atoms with E-state index < -0.39 is 0 Å². The SMILES string of the molecule is COC(=O)C1(c2cc(Br)ccc2C)CC1. The molecule has 0 aliphatic heterocycles. The van der Waals surface area contributed by atoms with Gasteiger partial charge in [0, 0.05) is 4.47 Å². The highest BCUT2D eigenvalue weighted by Gasteiger charge is 2.53. The van der Waals surface area contributed by atoms with Gasteiger partial charge in [-0.2, -0.15) is 0 Å². The topological polar surface area (TPSA) is 26.3 Å². The van der Waals surface area contributed by atoms with Crippen LogP contribution < -0.4 is 0 Å². The molecule has 3 heteroatoms. The summed E-state index contributed by atoms with van der Waals surface area (Å²) in [5, 5.41) is 0. The van der Waals surface area contributed by atoms with Crippen molar-refractivity contribution >= 4 is 21.9 Å². The first-order valence-electron chi connectivity index (χ1n) is 4.95. The summed E-state index contributed by atoms with van der Waals surface area (Å²) in [7, 11) is 1.45. The molecule has 0 saturated heterocycles. The summed E-state index contributed by atoms with van der Waals surface area (Å²) >= 11 is 3.44. The number of esters is 1. The van der Waals surface area contributed by atoms with E-state index >= 15 is 0 Å². The minimum Gasteiger partial charge on any atom is -0.468 e. The second-order valence-electron chi connectivity index (χ2n) is 4.03. The summed E-state index contributed by atoms with van der Waals surface area (Å²) in [4.78, 5) is 11.7. The van der Waals surface area contributed by atoms with Crippen LogP contribution in [0.3, 0.4) is 0 Å². The molecule has 0 unspecified atom stereocenters. The van der Waals surface area contributed by atoms with Gasteiger partial charge in [0.05, 0.1) is 12.5 Å². The van der Waals surface area contributed by atoms with Gasteiger partial charge in [-0.1, -0.05) is 22.0 Å². The van der Waals surface area contributed by atoms with Crippen molar-refractivity contribution in [3.63, 3.8) is 0 Å². The van der Waals surface area contributed by atoms with E-state index in [4.69, 9.17) is 4.74 Å². The minimum absolute atomic E-state index is 0.108. The third kappa shape index (κ3) is 1.69. The zero-order chi connectivity index (χ0) is 11.1. The van der Waals surface area contributed by atoms with Gasteiger partial charge in [-0.25, -0.2) is 0 Å². The summed E-state index contributed by atoms with van der Waals surface area (Å²) in [5.41, 5.74) is 1.90. The highest BCUT2D eigenvalue weighted by atomic mass is 79.9. The Labute approximate surface area is 97.8 Å². The Morgan fingerprint density at radius 3 is 2.67 bits per heavy atom. The molecule has 0 radical (unpaired) electrons. The molecule has 1 saturated carbocycles. The number of hydrogen-bond acceptors (Lipinski definition) is 2. The zero-order valence-electron chi connectivity index (χ0n) is 8.84. The Kier molecular flexibility index (Phi) is 2.59. The maximum absolute atomic E-state index is 11.7. The highest BCUT2D eigenvalue weighted by Crippen LogP contribution is 2.50. The minimum atomic E-state index is -0.359. The average Bonchev–Trinajstić information content (AvgIpc) is 3.01. The molecule has 0 heterocycles. The van der Waals surface area contributed by atoms with Gasteiger partial charge in [0.15, 0.2) is 0 Å². The van der Waals surface area contributed by atoms with Crippen LogP contribution in [0.2, 0.25) is 0 Å². The number of rotatable bonds is 2. The van der Waals surface area contributed by atoms with Crippen molar-refractivity contribution in [1.82, 2.24) is 0 Å². The lowest BCUT2D eigenvalue weighted by molar-refractivity contribution is -0.143. The Morgan fingerprint density at radius 2 is 2.13 bits per heavy atom. The average molecular weight is 269 g/mol. The first-order valence-corrected chi connectivity index (χ1v) is 5.74. The van der Waals surface area contributed by atoms with Gasteiger partial charge in [0.2, 0.25) is 0 Å². The molecule has 1 aliphatic rings. The maximum atomic E-state index is 11.7. The standard InChI is InChI=1S/C12H13BrO2/c1-8-3-4-9(13)7-10(8)12(5-6-12)11(14)15-2/h3-4,7H,5-6H2,1-2H3. The Balaban J connectivity index is 2.45. The smallest absolute Gasteiger partial charge is 0.316 e. The van der Waals surface area contributed by atoms with E-state index in [2.05, 4.69) is 15.9 Å². The summed E-state index contributed by atoms with van der Waals surface area (Å²) < 4.78 is 5.88. The number of aryl methyl sites for hydroxylation is 1. The number of benzene rings is 1.